The Labute approximate surface area is 187 Å². The van der Waals surface area contributed by atoms with E-state index in [1.807, 2.05) is 0 Å². The third-order valence-corrected chi connectivity index (χ3v) is 4.23. The fourth-order valence-corrected chi connectivity index (χ4v) is 2.44. The second-order valence-electron chi connectivity index (χ2n) is 6.85. The number of aliphatic hydroxyl groups excluding tert-OH is 1. The number of hydroxylamine groups is 1. The predicted molar refractivity (Wildman–Crippen MR) is 121 cm³/mol. The van der Waals surface area contributed by atoms with E-state index < -0.39 is 30.0 Å². The van der Waals surface area contributed by atoms with Gasteiger partial charge in [-0.2, -0.15) is 0 Å². The van der Waals surface area contributed by atoms with Gasteiger partial charge in [0.25, 0.3) is 11.8 Å². The lowest BCUT2D eigenvalue weighted by molar-refractivity contribution is -0.133. The molecule has 3 amide bonds. The number of carbonyl (C=O) groups excluding carboxylic acids is 3. The van der Waals surface area contributed by atoms with E-state index in [9.17, 15) is 19.5 Å². The maximum atomic E-state index is 12.3. The molecule has 0 aliphatic heterocycles. The first kappa shape index (κ1) is 26.3. The van der Waals surface area contributed by atoms with Crippen molar-refractivity contribution in [3.05, 3.63) is 65.2 Å². The standard InChI is InChI=1S/C22H24N4O5.CH4/c1-13(23)20(28)24-18-11-7-16(8-12-18)4-3-15-5-9-17(10-6-15)21(29)25-19(14(2)27)22(30)26-31;/h5-14,19,27,31H,23H2,1-2H3,(H,24,28)(H,25,29)(H,26,30);1H4/t13-,14-,19-;/m0./s1. The van der Waals surface area contributed by atoms with Gasteiger partial charge in [-0.25, -0.2) is 5.48 Å². The van der Waals surface area contributed by atoms with Crippen molar-refractivity contribution in [1.29, 1.82) is 0 Å². The summed E-state index contributed by atoms with van der Waals surface area (Å²) in [6.45, 7) is 2.92. The van der Waals surface area contributed by atoms with Crippen molar-refractivity contribution in [2.24, 2.45) is 5.73 Å². The number of anilines is 1. The molecule has 0 fully saturated rings. The number of nitrogens with two attached hydrogens (primary N) is 1. The number of nitrogens with one attached hydrogen (secondary N) is 3. The normalized spacial score (nSPS) is 12.7. The van der Waals surface area contributed by atoms with Crippen LogP contribution in [0.25, 0.3) is 0 Å². The molecule has 0 bridgehead atoms. The molecular formula is C23H28N4O5. The first-order valence-electron chi connectivity index (χ1n) is 9.42. The van der Waals surface area contributed by atoms with Gasteiger partial charge in [0.15, 0.2) is 0 Å². The molecule has 9 heteroatoms. The SMILES string of the molecule is C.C[C@H](N)C(=O)Nc1ccc(C#Cc2ccc(C(=O)N[C@H](C(=O)NO)[C@H](C)O)cc2)cc1. The molecule has 0 saturated carbocycles. The lowest BCUT2D eigenvalue weighted by Crippen LogP contribution is -2.51. The highest BCUT2D eigenvalue weighted by Crippen LogP contribution is 2.10. The average molecular weight is 441 g/mol. The van der Waals surface area contributed by atoms with Crippen LogP contribution < -0.4 is 21.8 Å². The van der Waals surface area contributed by atoms with Gasteiger partial charge in [-0.05, 0) is 62.4 Å². The van der Waals surface area contributed by atoms with E-state index in [-0.39, 0.29) is 18.9 Å². The summed E-state index contributed by atoms with van der Waals surface area (Å²) in [4.78, 5) is 35.4. The summed E-state index contributed by atoms with van der Waals surface area (Å²) >= 11 is 0. The molecule has 0 unspecified atom stereocenters. The molecule has 0 spiro atoms. The van der Waals surface area contributed by atoms with Crippen molar-refractivity contribution in [2.45, 2.75) is 39.5 Å². The second kappa shape index (κ2) is 12.2. The van der Waals surface area contributed by atoms with E-state index in [4.69, 9.17) is 10.9 Å². The summed E-state index contributed by atoms with van der Waals surface area (Å²) in [6.07, 6.45) is -1.19. The van der Waals surface area contributed by atoms with Gasteiger partial charge < -0.3 is 21.5 Å². The van der Waals surface area contributed by atoms with Crippen LogP contribution >= 0.6 is 0 Å². The van der Waals surface area contributed by atoms with Crippen LogP contribution in [0, 0.1) is 11.8 Å². The van der Waals surface area contributed by atoms with Gasteiger partial charge in [-0.15, -0.1) is 0 Å². The maximum Gasteiger partial charge on any atom is 0.268 e. The number of rotatable bonds is 6. The Morgan fingerprint density at radius 3 is 1.84 bits per heavy atom. The third kappa shape index (κ3) is 7.52. The Morgan fingerprint density at radius 1 is 0.906 bits per heavy atom. The lowest BCUT2D eigenvalue weighted by Gasteiger charge is -2.19. The molecule has 0 aliphatic rings. The van der Waals surface area contributed by atoms with Gasteiger partial charge in [-0.1, -0.05) is 19.3 Å². The number of aliphatic hydroxyl groups is 1. The molecule has 170 valence electrons. The summed E-state index contributed by atoms with van der Waals surface area (Å²) in [6, 6.07) is 11.4. The zero-order valence-corrected chi connectivity index (χ0v) is 17.0. The van der Waals surface area contributed by atoms with E-state index in [1.165, 1.54) is 24.5 Å². The third-order valence-electron chi connectivity index (χ3n) is 4.23. The molecular weight excluding hydrogens is 412 g/mol. The highest BCUT2D eigenvalue weighted by atomic mass is 16.5. The topological polar surface area (TPSA) is 154 Å². The number of amides is 3. The molecule has 0 heterocycles. The summed E-state index contributed by atoms with van der Waals surface area (Å²) in [5.74, 6) is 4.16. The van der Waals surface area contributed by atoms with Crippen molar-refractivity contribution in [2.75, 3.05) is 5.32 Å². The monoisotopic (exact) mass is 440 g/mol. The maximum absolute atomic E-state index is 12.3. The van der Waals surface area contributed by atoms with E-state index in [2.05, 4.69) is 22.5 Å². The van der Waals surface area contributed by atoms with E-state index in [1.54, 1.807) is 43.3 Å². The number of benzene rings is 2. The number of hydrogen-bond acceptors (Lipinski definition) is 6. The Bertz CT molecular complexity index is 990. The molecule has 0 saturated heterocycles. The fourth-order valence-electron chi connectivity index (χ4n) is 2.44. The Hall–Kier alpha value is -3.71. The van der Waals surface area contributed by atoms with Gasteiger partial charge in [0.05, 0.1) is 12.1 Å². The molecule has 0 aromatic heterocycles. The molecule has 7 N–H and O–H groups in total. The molecule has 9 nitrogen and oxygen atoms in total. The summed E-state index contributed by atoms with van der Waals surface area (Å²) in [7, 11) is 0. The van der Waals surface area contributed by atoms with Crippen LogP contribution in [0.5, 0.6) is 0 Å². The highest BCUT2D eigenvalue weighted by Gasteiger charge is 2.25. The molecule has 2 aromatic carbocycles. The number of hydrogen-bond donors (Lipinski definition) is 6. The van der Waals surface area contributed by atoms with Crippen LogP contribution in [0.1, 0.15) is 42.8 Å². The first-order valence-corrected chi connectivity index (χ1v) is 9.42. The van der Waals surface area contributed by atoms with Crippen LogP contribution in [-0.2, 0) is 9.59 Å². The minimum absolute atomic E-state index is 0. The minimum Gasteiger partial charge on any atom is -0.391 e. The Morgan fingerprint density at radius 2 is 1.41 bits per heavy atom. The van der Waals surface area contributed by atoms with Crippen molar-refractivity contribution in [3.8, 4) is 11.8 Å². The van der Waals surface area contributed by atoms with Gasteiger partial charge in [0, 0.05) is 22.4 Å². The molecule has 0 radical (unpaired) electrons. The molecule has 32 heavy (non-hydrogen) atoms. The molecule has 3 atom stereocenters. The van der Waals surface area contributed by atoms with E-state index in [0.717, 1.165) is 5.56 Å². The smallest absolute Gasteiger partial charge is 0.268 e. The van der Waals surface area contributed by atoms with Crippen LogP contribution in [-0.4, -0.2) is 46.2 Å². The van der Waals surface area contributed by atoms with E-state index >= 15 is 0 Å². The van der Waals surface area contributed by atoms with E-state index in [0.29, 0.717) is 11.3 Å². The average Bonchev–Trinajstić information content (AvgIpc) is 2.76. The van der Waals surface area contributed by atoms with Gasteiger partial charge in [0.1, 0.15) is 6.04 Å². The summed E-state index contributed by atoms with van der Waals surface area (Å²) in [5.41, 5.74) is 9.19. The first-order chi connectivity index (χ1) is 14.7. The van der Waals surface area contributed by atoms with Gasteiger partial charge in [-0.3, -0.25) is 19.6 Å². The quantitative estimate of drug-likeness (QED) is 0.224. The van der Waals surface area contributed by atoms with Crippen LogP contribution in [0.15, 0.2) is 48.5 Å². The lowest BCUT2D eigenvalue weighted by atomic mass is 10.1. The summed E-state index contributed by atoms with van der Waals surface area (Å²) in [5, 5.41) is 23.3. The van der Waals surface area contributed by atoms with Crippen LogP contribution in [0.4, 0.5) is 5.69 Å². The zero-order chi connectivity index (χ0) is 23.0. The van der Waals surface area contributed by atoms with Crippen molar-refractivity contribution < 1.29 is 24.7 Å². The van der Waals surface area contributed by atoms with Crippen molar-refractivity contribution in [3.63, 3.8) is 0 Å². The van der Waals surface area contributed by atoms with Crippen molar-refractivity contribution in [1.82, 2.24) is 10.8 Å². The molecule has 2 rings (SSSR count). The van der Waals surface area contributed by atoms with Crippen molar-refractivity contribution >= 4 is 23.4 Å². The highest BCUT2D eigenvalue weighted by molar-refractivity contribution is 5.97. The molecule has 0 aliphatic carbocycles. The van der Waals surface area contributed by atoms with Crippen LogP contribution in [0.2, 0.25) is 0 Å². The van der Waals surface area contributed by atoms with Gasteiger partial charge in [0.2, 0.25) is 5.91 Å². The fraction of sp³-hybridized carbons (Fsp3) is 0.261. The zero-order valence-electron chi connectivity index (χ0n) is 17.0. The predicted octanol–water partition coefficient (Wildman–Crippen LogP) is 0.993. The summed E-state index contributed by atoms with van der Waals surface area (Å²) < 4.78 is 0. The second-order valence-corrected chi connectivity index (χ2v) is 6.85. The Kier molecular flexibility index (Phi) is 10.1. The minimum atomic E-state index is -1.29. The van der Waals surface area contributed by atoms with Crippen LogP contribution in [0.3, 0.4) is 0 Å². The number of carbonyl (C=O) groups is 3. The molecule has 2 aromatic rings. The Balaban J connectivity index is 0.00000512. The van der Waals surface area contributed by atoms with Gasteiger partial charge >= 0.3 is 0 Å². The largest absolute Gasteiger partial charge is 0.391 e.